The Hall–Kier alpha value is -4.06. The molecule has 2 N–H and O–H groups in total. The van der Waals surface area contributed by atoms with E-state index in [1.807, 2.05) is 55.0 Å². The van der Waals surface area contributed by atoms with Crippen molar-refractivity contribution in [3.8, 4) is 22.7 Å². The number of fused-ring (bicyclic) bond motifs is 1. The van der Waals surface area contributed by atoms with Crippen LogP contribution < -0.4 is 10.1 Å². The highest BCUT2D eigenvalue weighted by Crippen LogP contribution is 2.33. The van der Waals surface area contributed by atoms with E-state index in [0.717, 1.165) is 45.0 Å². The summed E-state index contributed by atoms with van der Waals surface area (Å²) in [6.45, 7) is 0.634. The lowest BCUT2D eigenvalue weighted by atomic mass is 10.0. The van der Waals surface area contributed by atoms with Crippen LogP contribution in [0.2, 0.25) is 0 Å². The van der Waals surface area contributed by atoms with Crippen LogP contribution in [0.3, 0.4) is 0 Å². The Kier molecular flexibility index (Phi) is 4.65. The van der Waals surface area contributed by atoms with Gasteiger partial charge in [-0.1, -0.05) is 36.4 Å². The third kappa shape index (κ3) is 3.18. The molecule has 0 bridgehead atoms. The van der Waals surface area contributed by atoms with Gasteiger partial charge in [0.2, 0.25) is 0 Å². The molecule has 0 spiro atoms. The molecule has 0 aliphatic rings. The Morgan fingerprint density at radius 1 is 1.00 bits per heavy atom. The zero-order valence-electron chi connectivity index (χ0n) is 16.5. The van der Waals surface area contributed by atoms with E-state index in [-0.39, 0.29) is 0 Å². The number of benzene rings is 3. The summed E-state index contributed by atoms with van der Waals surface area (Å²) < 4.78 is 7.71. The Balaban J connectivity index is 1.51. The number of anilines is 1. The minimum absolute atomic E-state index is 0.634. The molecule has 5 rings (SSSR count). The second-order valence-electron chi connectivity index (χ2n) is 6.93. The molecule has 0 amide bonds. The highest BCUT2D eigenvalue weighted by atomic mass is 16.5. The molecule has 5 aromatic rings. The standard InChI is InChI=1S/C24H21N5O/c1-30-23-12-6-7-17(24(23)20-14-25-15-27-20)13-26-18-8-2-4-10-21(18)29-16-28-19-9-3-5-11-22(19)29/h2-12,14-16,26H,13H2,1H3,(H,25,27). The minimum Gasteiger partial charge on any atom is -0.496 e. The molecule has 6 heteroatoms. The summed E-state index contributed by atoms with van der Waals surface area (Å²) in [7, 11) is 1.69. The Bertz CT molecular complexity index is 1290. The molecule has 3 aromatic carbocycles. The van der Waals surface area contributed by atoms with Crippen molar-refractivity contribution in [2.24, 2.45) is 0 Å². The number of aromatic amines is 1. The van der Waals surface area contributed by atoms with Crippen molar-refractivity contribution in [1.29, 1.82) is 0 Å². The van der Waals surface area contributed by atoms with Gasteiger partial charge in [0, 0.05) is 12.1 Å². The molecule has 0 atom stereocenters. The molecular weight excluding hydrogens is 374 g/mol. The van der Waals surface area contributed by atoms with Gasteiger partial charge in [0.25, 0.3) is 0 Å². The van der Waals surface area contributed by atoms with Crippen molar-refractivity contribution in [3.63, 3.8) is 0 Å². The first-order valence-corrected chi connectivity index (χ1v) is 9.75. The molecule has 0 radical (unpaired) electrons. The van der Waals surface area contributed by atoms with Gasteiger partial charge in [-0.2, -0.15) is 0 Å². The lowest BCUT2D eigenvalue weighted by Crippen LogP contribution is -2.06. The Labute approximate surface area is 174 Å². The number of nitrogens with one attached hydrogen (secondary N) is 2. The van der Waals surface area contributed by atoms with Crippen molar-refractivity contribution in [3.05, 3.63) is 91.1 Å². The molecule has 148 valence electrons. The van der Waals surface area contributed by atoms with Crippen LogP contribution >= 0.6 is 0 Å². The predicted octanol–water partition coefficient (Wildman–Crippen LogP) is 5.04. The minimum atomic E-state index is 0.634. The first kappa shape index (κ1) is 18.0. The number of H-pyrrole nitrogens is 1. The van der Waals surface area contributed by atoms with Crippen LogP contribution in [0.5, 0.6) is 5.75 Å². The van der Waals surface area contributed by atoms with E-state index in [1.54, 1.807) is 13.4 Å². The lowest BCUT2D eigenvalue weighted by Gasteiger charge is -2.16. The molecule has 2 aromatic heterocycles. The fourth-order valence-electron chi connectivity index (χ4n) is 3.77. The van der Waals surface area contributed by atoms with E-state index in [0.29, 0.717) is 6.54 Å². The van der Waals surface area contributed by atoms with Crippen LogP contribution in [0.1, 0.15) is 5.56 Å². The summed E-state index contributed by atoms with van der Waals surface area (Å²) in [5, 5.41) is 3.60. The van der Waals surface area contributed by atoms with Gasteiger partial charge in [0.1, 0.15) is 12.1 Å². The number of imidazole rings is 2. The molecule has 2 heterocycles. The first-order valence-electron chi connectivity index (χ1n) is 9.75. The van der Waals surface area contributed by atoms with Gasteiger partial charge in [-0.05, 0) is 35.9 Å². The predicted molar refractivity (Wildman–Crippen MR) is 119 cm³/mol. The molecule has 0 aliphatic carbocycles. The first-order chi connectivity index (χ1) is 14.8. The number of methoxy groups -OCH3 is 1. The smallest absolute Gasteiger partial charge is 0.128 e. The maximum absolute atomic E-state index is 5.60. The molecule has 6 nitrogen and oxygen atoms in total. The van der Waals surface area contributed by atoms with Gasteiger partial charge in [-0.3, -0.25) is 4.57 Å². The van der Waals surface area contributed by atoms with Crippen molar-refractivity contribution in [2.45, 2.75) is 6.54 Å². The number of nitrogens with zero attached hydrogens (tertiary/aromatic N) is 3. The third-order valence-electron chi connectivity index (χ3n) is 5.19. The van der Waals surface area contributed by atoms with Crippen LogP contribution in [-0.2, 0) is 6.54 Å². The zero-order valence-corrected chi connectivity index (χ0v) is 16.5. The van der Waals surface area contributed by atoms with Gasteiger partial charge in [0.05, 0.1) is 47.7 Å². The Morgan fingerprint density at radius 3 is 2.73 bits per heavy atom. The molecule has 0 unspecified atom stereocenters. The van der Waals surface area contributed by atoms with Gasteiger partial charge in [-0.15, -0.1) is 0 Å². The van der Waals surface area contributed by atoms with Crippen molar-refractivity contribution < 1.29 is 4.74 Å². The normalized spacial score (nSPS) is 11.0. The quantitative estimate of drug-likeness (QED) is 0.423. The SMILES string of the molecule is COc1cccc(CNc2ccccc2-n2cnc3ccccc32)c1-c1cnc[nH]1. The maximum atomic E-state index is 5.60. The van der Waals surface area contributed by atoms with E-state index in [2.05, 4.69) is 49.1 Å². The summed E-state index contributed by atoms with van der Waals surface area (Å²) in [5.41, 5.74) is 7.18. The second-order valence-corrected chi connectivity index (χ2v) is 6.93. The molecule has 30 heavy (non-hydrogen) atoms. The van der Waals surface area contributed by atoms with E-state index in [9.17, 15) is 0 Å². The summed E-state index contributed by atoms with van der Waals surface area (Å²) in [6.07, 6.45) is 5.36. The summed E-state index contributed by atoms with van der Waals surface area (Å²) in [4.78, 5) is 11.9. The average molecular weight is 395 g/mol. The van der Waals surface area contributed by atoms with E-state index in [4.69, 9.17) is 4.74 Å². The third-order valence-corrected chi connectivity index (χ3v) is 5.19. The monoisotopic (exact) mass is 395 g/mol. The highest BCUT2D eigenvalue weighted by molar-refractivity contribution is 5.79. The van der Waals surface area contributed by atoms with Crippen LogP contribution in [-0.4, -0.2) is 26.6 Å². The summed E-state index contributed by atoms with van der Waals surface area (Å²) in [6, 6.07) is 22.5. The van der Waals surface area contributed by atoms with Gasteiger partial charge in [-0.25, -0.2) is 9.97 Å². The molecule has 0 aliphatic heterocycles. The topological polar surface area (TPSA) is 67.8 Å². The zero-order chi connectivity index (χ0) is 20.3. The largest absolute Gasteiger partial charge is 0.496 e. The summed E-state index contributed by atoms with van der Waals surface area (Å²) >= 11 is 0. The van der Waals surface area contributed by atoms with Crippen molar-refractivity contribution in [2.75, 3.05) is 12.4 Å². The van der Waals surface area contributed by atoms with E-state index >= 15 is 0 Å². The molecule has 0 saturated carbocycles. The van der Waals surface area contributed by atoms with Gasteiger partial charge < -0.3 is 15.0 Å². The van der Waals surface area contributed by atoms with E-state index in [1.165, 1.54) is 0 Å². The second kappa shape index (κ2) is 7.75. The average Bonchev–Trinajstić information content (AvgIpc) is 3.48. The van der Waals surface area contributed by atoms with Gasteiger partial charge >= 0.3 is 0 Å². The number of rotatable bonds is 6. The molecule has 0 saturated heterocycles. The summed E-state index contributed by atoms with van der Waals surface area (Å²) in [5.74, 6) is 0.812. The number of aromatic nitrogens is 4. The molecular formula is C24H21N5O. The number of para-hydroxylation sites is 4. The number of hydrogen-bond donors (Lipinski definition) is 2. The molecule has 0 fully saturated rings. The van der Waals surface area contributed by atoms with Crippen LogP contribution in [0.25, 0.3) is 28.0 Å². The van der Waals surface area contributed by atoms with Crippen molar-refractivity contribution in [1.82, 2.24) is 19.5 Å². The van der Waals surface area contributed by atoms with Crippen LogP contribution in [0, 0.1) is 0 Å². The van der Waals surface area contributed by atoms with Crippen LogP contribution in [0.15, 0.2) is 85.6 Å². The number of hydrogen-bond acceptors (Lipinski definition) is 4. The van der Waals surface area contributed by atoms with Crippen LogP contribution in [0.4, 0.5) is 5.69 Å². The number of ether oxygens (including phenoxy) is 1. The van der Waals surface area contributed by atoms with Gasteiger partial charge in [0.15, 0.2) is 0 Å². The fraction of sp³-hybridized carbons (Fsp3) is 0.0833. The maximum Gasteiger partial charge on any atom is 0.128 e. The lowest BCUT2D eigenvalue weighted by molar-refractivity contribution is 0.416. The van der Waals surface area contributed by atoms with E-state index < -0.39 is 0 Å². The van der Waals surface area contributed by atoms with Crippen molar-refractivity contribution >= 4 is 16.7 Å². The Morgan fingerprint density at radius 2 is 1.87 bits per heavy atom. The fourth-order valence-corrected chi connectivity index (χ4v) is 3.77. The highest BCUT2D eigenvalue weighted by Gasteiger charge is 2.14.